The highest BCUT2D eigenvalue weighted by Crippen LogP contribution is 2.30. The number of anilines is 1. The second-order valence-electron chi connectivity index (χ2n) is 8.25. The van der Waals surface area contributed by atoms with Crippen molar-refractivity contribution < 1.29 is 5.11 Å². The molecule has 0 spiro atoms. The smallest absolute Gasteiger partial charge is 0.171 e. The van der Waals surface area contributed by atoms with Crippen molar-refractivity contribution in [2.75, 3.05) is 18.4 Å². The first kappa shape index (κ1) is 20.9. The minimum absolute atomic E-state index is 0.318. The molecule has 3 aromatic heterocycles. The normalized spacial score (nSPS) is 17.0. The highest BCUT2D eigenvalue weighted by molar-refractivity contribution is 9.10. The van der Waals surface area contributed by atoms with E-state index in [4.69, 9.17) is 4.98 Å². The van der Waals surface area contributed by atoms with Crippen molar-refractivity contribution in [1.82, 2.24) is 24.5 Å². The van der Waals surface area contributed by atoms with Crippen molar-refractivity contribution in [2.45, 2.75) is 31.8 Å². The van der Waals surface area contributed by atoms with E-state index in [9.17, 15) is 5.11 Å². The minimum Gasteiger partial charge on any atom is -0.508 e. The highest BCUT2D eigenvalue weighted by atomic mass is 79.9. The number of phenolic OH excluding ortho intramolecular Hbond substituents is 1. The van der Waals surface area contributed by atoms with E-state index in [2.05, 4.69) is 54.4 Å². The zero-order chi connectivity index (χ0) is 21.9. The Balaban J connectivity index is 1.38. The molecule has 0 amide bonds. The Bertz CT molecular complexity index is 1210. The second kappa shape index (κ2) is 9.26. The van der Waals surface area contributed by atoms with Crippen molar-refractivity contribution in [2.24, 2.45) is 0 Å². The average Bonchev–Trinajstić information content (AvgIpc) is 3.19. The number of hydrogen-bond donors (Lipinski definition) is 2. The maximum absolute atomic E-state index is 9.79. The van der Waals surface area contributed by atoms with E-state index in [0.29, 0.717) is 18.2 Å². The number of aromatic nitrogens is 4. The summed E-state index contributed by atoms with van der Waals surface area (Å²) in [5, 5.41) is 17.8. The molecule has 1 saturated heterocycles. The van der Waals surface area contributed by atoms with Crippen molar-refractivity contribution >= 4 is 27.4 Å². The van der Waals surface area contributed by atoms with Crippen LogP contribution in [0.5, 0.6) is 5.75 Å². The van der Waals surface area contributed by atoms with Gasteiger partial charge in [0, 0.05) is 44.0 Å². The lowest BCUT2D eigenvalue weighted by molar-refractivity contribution is 0.198. The fourth-order valence-electron chi connectivity index (χ4n) is 4.34. The molecule has 1 atom stereocenters. The van der Waals surface area contributed by atoms with E-state index in [1.165, 1.54) is 0 Å². The number of halogens is 1. The van der Waals surface area contributed by atoms with Gasteiger partial charge in [0.05, 0.1) is 16.4 Å². The van der Waals surface area contributed by atoms with Gasteiger partial charge < -0.3 is 10.4 Å². The molecule has 1 aromatic carbocycles. The Morgan fingerprint density at radius 2 is 2.03 bits per heavy atom. The largest absolute Gasteiger partial charge is 0.508 e. The van der Waals surface area contributed by atoms with Gasteiger partial charge in [0.2, 0.25) is 0 Å². The van der Waals surface area contributed by atoms with E-state index < -0.39 is 0 Å². The van der Waals surface area contributed by atoms with Crippen LogP contribution in [-0.4, -0.2) is 42.7 Å². The molecule has 32 heavy (non-hydrogen) atoms. The number of nitrogens with zero attached hydrogens (tertiary/aromatic N) is 5. The molecule has 1 fully saturated rings. The van der Waals surface area contributed by atoms with Crippen molar-refractivity contribution in [3.63, 3.8) is 0 Å². The fourth-order valence-corrected chi connectivity index (χ4v) is 4.69. The number of nitrogens with one attached hydrogen (secondary N) is 1. The van der Waals surface area contributed by atoms with Gasteiger partial charge in [0.1, 0.15) is 11.6 Å². The van der Waals surface area contributed by atoms with Crippen LogP contribution in [0.2, 0.25) is 0 Å². The molecule has 4 aromatic rings. The lowest BCUT2D eigenvalue weighted by atomic mass is 9.94. The van der Waals surface area contributed by atoms with Crippen LogP contribution in [0.4, 0.5) is 5.82 Å². The monoisotopic (exact) mass is 492 g/mol. The maximum atomic E-state index is 9.79. The zero-order valence-corrected chi connectivity index (χ0v) is 19.2. The highest BCUT2D eigenvalue weighted by Gasteiger charge is 2.24. The van der Waals surface area contributed by atoms with E-state index >= 15 is 0 Å². The topological polar surface area (TPSA) is 78.6 Å². The summed E-state index contributed by atoms with van der Waals surface area (Å²) < 4.78 is 2.73. The molecule has 7 nitrogen and oxygen atoms in total. The molecule has 1 aliphatic rings. The van der Waals surface area contributed by atoms with Gasteiger partial charge in [0.25, 0.3) is 0 Å². The molecular weight excluding hydrogens is 468 g/mol. The third kappa shape index (κ3) is 4.61. The van der Waals surface area contributed by atoms with Gasteiger partial charge in [-0.2, -0.15) is 9.61 Å². The lowest BCUT2D eigenvalue weighted by Gasteiger charge is -2.32. The summed E-state index contributed by atoms with van der Waals surface area (Å²) >= 11 is 3.60. The van der Waals surface area contributed by atoms with E-state index in [1.807, 2.05) is 28.9 Å². The van der Waals surface area contributed by atoms with Gasteiger partial charge in [0.15, 0.2) is 5.65 Å². The quantitative estimate of drug-likeness (QED) is 0.410. The van der Waals surface area contributed by atoms with E-state index in [1.54, 1.807) is 18.5 Å². The number of pyridine rings is 1. The van der Waals surface area contributed by atoms with Crippen LogP contribution in [0.15, 0.2) is 65.5 Å². The van der Waals surface area contributed by atoms with Gasteiger partial charge in [-0.15, -0.1) is 0 Å². The van der Waals surface area contributed by atoms with Gasteiger partial charge >= 0.3 is 0 Å². The molecule has 8 heteroatoms. The number of piperidine rings is 1. The standard InChI is InChI=1S/C24H25BrN6O/c25-21-14-28-31-23(27-13-18-5-2-8-26-12-18)11-22(29-24(21)31)19-6-3-9-30(16-19)15-17-4-1-7-20(32)10-17/h1-2,4-5,7-8,10-12,14,19,27,32H,3,6,9,13,15-16H2. The summed E-state index contributed by atoms with van der Waals surface area (Å²) in [6, 6.07) is 13.7. The Labute approximate surface area is 195 Å². The number of aromatic hydroxyl groups is 1. The molecule has 164 valence electrons. The fraction of sp³-hybridized carbons (Fsp3) is 0.292. The Kier molecular flexibility index (Phi) is 6.05. The van der Waals surface area contributed by atoms with Crippen molar-refractivity contribution in [1.29, 1.82) is 0 Å². The Hall–Kier alpha value is -2.97. The van der Waals surface area contributed by atoms with Crippen LogP contribution >= 0.6 is 15.9 Å². The zero-order valence-electron chi connectivity index (χ0n) is 17.7. The summed E-state index contributed by atoms with van der Waals surface area (Å²) in [5.74, 6) is 1.58. The van der Waals surface area contributed by atoms with Gasteiger partial charge in [-0.05, 0) is 64.6 Å². The third-order valence-electron chi connectivity index (χ3n) is 5.89. The molecule has 4 heterocycles. The minimum atomic E-state index is 0.318. The number of phenols is 1. The summed E-state index contributed by atoms with van der Waals surface area (Å²) in [4.78, 5) is 11.6. The first-order valence-electron chi connectivity index (χ1n) is 10.8. The first-order valence-corrected chi connectivity index (χ1v) is 11.6. The van der Waals surface area contributed by atoms with Gasteiger partial charge in [-0.1, -0.05) is 18.2 Å². The van der Waals surface area contributed by atoms with E-state index in [-0.39, 0.29) is 0 Å². The summed E-state index contributed by atoms with van der Waals surface area (Å²) in [7, 11) is 0. The van der Waals surface area contributed by atoms with E-state index in [0.717, 1.165) is 65.2 Å². The predicted octanol–water partition coefficient (Wildman–Crippen LogP) is 4.58. The molecular formula is C24H25BrN6O. The Morgan fingerprint density at radius 3 is 2.88 bits per heavy atom. The molecule has 0 bridgehead atoms. The molecule has 2 N–H and O–H groups in total. The molecule has 0 saturated carbocycles. The van der Waals surface area contributed by atoms with Crippen molar-refractivity contribution in [3.8, 4) is 5.75 Å². The molecule has 1 aliphatic heterocycles. The third-order valence-corrected chi connectivity index (χ3v) is 6.44. The molecule has 0 radical (unpaired) electrons. The lowest BCUT2D eigenvalue weighted by Crippen LogP contribution is -2.34. The predicted molar refractivity (Wildman–Crippen MR) is 128 cm³/mol. The number of benzene rings is 1. The number of likely N-dealkylation sites (tertiary alicyclic amines) is 1. The Morgan fingerprint density at radius 1 is 1.12 bits per heavy atom. The summed E-state index contributed by atoms with van der Waals surface area (Å²) in [6.45, 7) is 3.48. The van der Waals surface area contributed by atoms with Crippen LogP contribution in [0.1, 0.15) is 35.6 Å². The van der Waals surface area contributed by atoms with Crippen LogP contribution in [0.3, 0.4) is 0 Å². The molecule has 1 unspecified atom stereocenters. The second-order valence-corrected chi connectivity index (χ2v) is 9.11. The SMILES string of the molecule is Oc1cccc(CN2CCCC(c3cc(NCc4cccnc4)n4ncc(Br)c4n3)C2)c1. The first-order chi connectivity index (χ1) is 15.7. The van der Waals surface area contributed by atoms with Gasteiger partial charge in [-0.3, -0.25) is 9.88 Å². The number of fused-ring (bicyclic) bond motifs is 1. The van der Waals surface area contributed by atoms with Gasteiger partial charge in [-0.25, -0.2) is 4.98 Å². The number of hydrogen-bond acceptors (Lipinski definition) is 6. The van der Waals surface area contributed by atoms with Crippen LogP contribution in [0, 0.1) is 0 Å². The molecule has 5 rings (SSSR count). The summed E-state index contributed by atoms with van der Waals surface area (Å²) in [6.07, 6.45) is 7.66. The van der Waals surface area contributed by atoms with Crippen LogP contribution in [0.25, 0.3) is 5.65 Å². The maximum Gasteiger partial charge on any atom is 0.171 e. The van der Waals surface area contributed by atoms with Crippen molar-refractivity contribution in [3.05, 3.63) is 82.3 Å². The van der Waals surface area contributed by atoms with Crippen LogP contribution < -0.4 is 5.32 Å². The summed E-state index contributed by atoms with van der Waals surface area (Å²) in [5.41, 5.74) is 4.14. The van der Waals surface area contributed by atoms with Crippen LogP contribution in [-0.2, 0) is 13.1 Å². The number of rotatable bonds is 6. The average molecular weight is 493 g/mol. The molecule has 0 aliphatic carbocycles.